The van der Waals surface area contributed by atoms with Crippen LogP contribution in [0.1, 0.15) is 50.7 Å². The van der Waals surface area contributed by atoms with Gasteiger partial charge in [-0.25, -0.2) is 0 Å². The van der Waals surface area contributed by atoms with E-state index in [1.165, 1.54) is 0 Å². The number of benzene rings is 1. The molecule has 88 valence electrons. The second-order valence-electron chi connectivity index (χ2n) is 5.38. The smallest absolute Gasteiger partial charge is 0.0916 e. The molecule has 1 fully saturated rings. The highest BCUT2D eigenvalue weighted by Gasteiger charge is 2.42. The molecule has 3 N–H and O–H groups in total. The van der Waals surface area contributed by atoms with Crippen LogP contribution in [0.3, 0.4) is 0 Å². The van der Waals surface area contributed by atoms with E-state index in [9.17, 15) is 5.11 Å². The van der Waals surface area contributed by atoms with E-state index in [4.69, 9.17) is 5.73 Å². The lowest BCUT2D eigenvalue weighted by Crippen LogP contribution is -2.25. The fraction of sp³-hybridized carbons (Fsp3) is 0.571. The SMILES string of the molecule is CC(C)c1cccc(C(C)(O)C2CC2)c1N. The third kappa shape index (κ3) is 1.82. The Balaban J connectivity index is 2.45. The number of hydrogen-bond donors (Lipinski definition) is 2. The predicted octanol–water partition coefficient (Wildman–Crippen LogP) is 3.01. The molecular formula is C14H21NO. The van der Waals surface area contributed by atoms with E-state index in [0.29, 0.717) is 11.8 Å². The zero-order valence-corrected chi connectivity index (χ0v) is 10.3. The first-order valence-corrected chi connectivity index (χ1v) is 6.05. The number of hydrogen-bond acceptors (Lipinski definition) is 2. The van der Waals surface area contributed by atoms with Crippen LogP contribution < -0.4 is 5.73 Å². The molecule has 2 rings (SSSR count). The average molecular weight is 219 g/mol. The van der Waals surface area contributed by atoms with Crippen molar-refractivity contribution in [2.75, 3.05) is 5.73 Å². The first kappa shape index (κ1) is 11.5. The molecule has 0 aliphatic heterocycles. The molecule has 16 heavy (non-hydrogen) atoms. The van der Waals surface area contributed by atoms with Gasteiger partial charge in [-0.2, -0.15) is 0 Å². The third-order valence-corrected chi connectivity index (χ3v) is 3.68. The van der Waals surface area contributed by atoms with Gasteiger partial charge in [0.05, 0.1) is 5.60 Å². The van der Waals surface area contributed by atoms with E-state index < -0.39 is 5.60 Å². The summed E-state index contributed by atoms with van der Waals surface area (Å²) in [6.45, 7) is 6.14. The van der Waals surface area contributed by atoms with E-state index in [1.54, 1.807) is 0 Å². The van der Waals surface area contributed by atoms with E-state index in [0.717, 1.165) is 29.7 Å². The second kappa shape index (κ2) is 3.77. The second-order valence-corrected chi connectivity index (χ2v) is 5.38. The van der Waals surface area contributed by atoms with Crippen LogP contribution in [0, 0.1) is 5.92 Å². The lowest BCUT2D eigenvalue weighted by atomic mass is 9.86. The van der Waals surface area contributed by atoms with Crippen LogP contribution in [0.25, 0.3) is 0 Å². The molecule has 1 atom stereocenters. The molecule has 1 saturated carbocycles. The van der Waals surface area contributed by atoms with E-state index in [1.807, 2.05) is 25.1 Å². The summed E-state index contributed by atoms with van der Waals surface area (Å²) >= 11 is 0. The van der Waals surface area contributed by atoms with E-state index in [-0.39, 0.29) is 0 Å². The zero-order valence-electron chi connectivity index (χ0n) is 10.3. The minimum atomic E-state index is -0.755. The Morgan fingerprint density at radius 1 is 1.38 bits per heavy atom. The van der Waals surface area contributed by atoms with Crippen molar-refractivity contribution in [1.82, 2.24) is 0 Å². The van der Waals surface area contributed by atoms with Crippen LogP contribution in [0.2, 0.25) is 0 Å². The van der Waals surface area contributed by atoms with Crippen LogP contribution in [0.4, 0.5) is 5.69 Å². The van der Waals surface area contributed by atoms with Gasteiger partial charge in [0.2, 0.25) is 0 Å². The van der Waals surface area contributed by atoms with E-state index >= 15 is 0 Å². The van der Waals surface area contributed by atoms with Crippen LogP contribution in [0.15, 0.2) is 18.2 Å². The lowest BCUT2D eigenvalue weighted by Gasteiger charge is -2.27. The highest BCUT2D eigenvalue weighted by Crippen LogP contribution is 2.47. The number of para-hydroxylation sites is 1. The summed E-state index contributed by atoms with van der Waals surface area (Å²) in [5, 5.41) is 10.5. The van der Waals surface area contributed by atoms with Gasteiger partial charge >= 0.3 is 0 Å². The van der Waals surface area contributed by atoms with Gasteiger partial charge < -0.3 is 10.8 Å². The highest BCUT2D eigenvalue weighted by atomic mass is 16.3. The molecule has 1 aromatic carbocycles. The average Bonchev–Trinajstić information content (AvgIpc) is 3.00. The Morgan fingerprint density at radius 2 is 2.00 bits per heavy atom. The molecule has 2 heteroatoms. The molecule has 2 nitrogen and oxygen atoms in total. The maximum Gasteiger partial charge on any atom is 0.0916 e. The summed E-state index contributed by atoms with van der Waals surface area (Å²) in [5.74, 6) is 0.784. The zero-order chi connectivity index (χ0) is 11.9. The minimum absolute atomic E-state index is 0.386. The van der Waals surface area contributed by atoms with Gasteiger partial charge in [0.25, 0.3) is 0 Å². The van der Waals surface area contributed by atoms with Crippen molar-refractivity contribution in [2.24, 2.45) is 5.92 Å². The normalized spacial score (nSPS) is 19.8. The first-order chi connectivity index (χ1) is 7.44. The Hall–Kier alpha value is -1.02. The first-order valence-electron chi connectivity index (χ1n) is 6.05. The molecular weight excluding hydrogens is 198 g/mol. The van der Waals surface area contributed by atoms with Gasteiger partial charge in [0.15, 0.2) is 0 Å². The van der Waals surface area contributed by atoms with Gasteiger partial charge in [0, 0.05) is 11.3 Å². The van der Waals surface area contributed by atoms with Crippen molar-refractivity contribution in [2.45, 2.75) is 45.1 Å². The van der Waals surface area contributed by atoms with Crippen LogP contribution in [0.5, 0.6) is 0 Å². The van der Waals surface area contributed by atoms with Crippen LogP contribution in [-0.4, -0.2) is 5.11 Å². The van der Waals surface area contributed by atoms with Gasteiger partial charge in [-0.05, 0) is 37.2 Å². The molecule has 0 saturated heterocycles. The fourth-order valence-corrected chi connectivity index (χ4v) is 2.39. The molecule has 0 spiro atoms. The van der Waals surface area contributed by atoms with Crippen LogP contribution >= 0.6 is 0 Å². The number of rotatable bonds is 3. The highest BCUT2D eigenvalue weighted by molar-refractivity contribution is 5.57. The standard InChI is InChI=1S/C14H21NO/c1-9(2)11-5-4-6-12(13(11)15)14(3,16)10-7-8-10/h4-6,9-10,16H,7-8,15H2,1-3H3. The molecule has 0 radical (unpaired) electrons. The molecule has 0 amide bonds. The van der Waals surface area contributed by atoms with Gasteiger partial charge in [0.1, 0.15) is 0 Å². The van der Waals surface area contributed by atoms with Crippen molar-refractivity contribution in [3.63, 3.8) is 0 Å². The quantitative estimate of drug-likeness (QED) is 0.768. The molecule has 0 aromatic heterocycles. The number of nitrogen functional groups attached to an aromatic ring is 1. The van der Waals surface area contributed by atoms with Gasteiger partial charge in [-0.15, -0.1) is 0 Å². The van der Waals surface area contributed by atoms with Crippen molar-refractivity contribution in [3.8, 4) is 0 Å². The molecule has 1 aromatic rings. The number of aliphatic hydroxyl groups is 1. The van der Waals surface area contributed by atoms with E-state index in [2.05, 4.69) is 13.8 Å². The number of anilines is 1. The summed E-state index contributed by atoms with van der Waals surface area (Å²) in [4.78, 5) is 0. The lowest BCUT2D eigenvalue weighted by molar-refractivity contribution is 0.0338. The van der Waals surface area contributed by atoms with Gasteiger partial charge in [-0.1, -0.05) is 32.0 Å². The van der Waals surface area contributed by atoms with Crippen molar-refractivity contribution in [3.05, 3.63) is 29.3 Å². The minimum Gasteiger partial charge on any atom is -0.398 e. The van der Waals surface area contributed by atoms with Crippen molar-refractivity contribution < 1.29 is 5.11 Å². The summed E-state index contributed by atoms with van der Waals surface area (Å²) < 4.78 is 0. The number of nitrogens with two attached hydrogens (primary N) is 1. The molecule has 1 unspecified atom stereocenters. The summed E-state index contributed by atoms with van der Waals surface area (Å²) in [6.07, 6.45) is 2.22. The van der Waals surface area contributed by atoms with Crippen molar-refractivity contribution >= 4 is 5.69 Å². The Bertz CT molecular complexity index is 392. The Kier molecular flexibility index (Phi) is 2.70. The van der Waals surface area contributed by atoms with Crippen LogP contribution in [-0.2, 0) is 5.60 Å². The molecule has 1 aliphatic rings. The summed E-state index contributed by atoms with van der Waals surface area (Å²) in [5.41, 5.74) is 8.23. The summed E-state index contributed by atoms with van der Waals surface area (Å²) in [6, 6.07) is 6.00. The molecule has 0 heterocycles. The Morgan fingerprint density at radius 3 is 2.50 bits per heavy atom. The maximum atomic E-state index is 10.5. The largest absolute Gasteiger partial charge is 0.398 e. The molecule has 0 bridgehead atoms. The summed E-state index contributed by atoms with van der Waals surface area (Å²) in [7, 11) is 0. The fourth-order valence-electron chi connectivity index (χ4n) is 2.39. The maximum absolute atomic E-state index is 10.5. The molecule has 1 aliphatic carbocycles. The monoisotopic (exact) mass is 219 g/mol. The third-order valence-electron chi connectivity index (χ3n) is 3.68. The Labute approximate surface area is 97.5 Å². The predicted molar refractivity (Wildman–Crippen MR) is 67.2 cm³/mol. The topological polar surface area (TPSA) is 46.2 Å². The van der Waals surface area contributed by atoms with Gasteiger partial charge in [-0.3, -0.25) is 0 Å². The van der Waals surface area contributed by atoms with Crippen molar-refractivity contribution in [1.29, 1.82) is 0 Å².